The Balaban J connectivity index is 1.32. The van der Waals surface area contributed by atoms with Gasteiger partial charge < -0.3 is 25.0 Å². The van der Waals surface area contributed by atoms with E-state index >= 15 is 0 Å². The maximum atomic E-state index is 12.6. The Kier molecular flexibility index (Phi) is 7.50. The molecule has 0 atom stereocenters. The highest BCUT2D eigenvalue weighted by Gasteiger charge is 2.31. The minimum atomic E-state index is -4.76. The van der Waals surface area contributed by atoms with E-state index in [0.717, 1.165) is 28.9 Å². The molecule has 0 aliphatic carbocycles. The van der Waals surface area contributed by atoms with Gasteiger partial charge in [-0.3, -0.25) is 4.79 Å². The first-order valence-electron chi connectivity index (χ1n) is 11.4. The van der Waals surface area contributed by atoms with E-state index in [1.54, 1.807) is 12.3 Å². The van der Waals surface area contributed by atoms with Crippen molar-refractivity contribution >= 4 is 35.0 Å². The molecule has 0 saturated carbocycles. The number of ether oxygens (including phenoxy) is 2. The van der Waals surface area contributed by atoms with E-state index in [4.69, 9.17) is 4.74 Å². The number of esters is 1. The first kappa shape index (κ1) is 25.8. The van der Waals surface area contributed by atoms with E-state index in [1.165, 1.54) is 37.4 Å². The Hall–Kier alpha value is -4.29. The van der Waals surface area contributed by atoms with Gasteiger partial charge in [-0.15, -0.1) is 18.3 Å². The van der Waals surface area contributed by atoms with Crippen molar-refractivity contribution in [2.75, 3.05) is 28.6 Å². The van der Waals surface area contributed by atoms with Crippen LogP contribution in [0.3, 0.4) is 0 Å². The van der Waals surface area contributed by atoms with Gasteiger partial charge in [-0.25, -0.2) is 9.78 Å². The third-order valence-electron chi connectivity index (χ3n) is 5.53. The van der Waals surface area contributed by atoms with Crippen molar-refractivity contribution in [1.29, 1.82) is 0 Å². The summed E-state index contributed by atoms with van der Waals surface area (Å²) >= 11 is 0. The number of nitrogens with one attached hydrogen (secondary N) is 2. The molecule has 37 heavy (non-hydrogen) atoms. The van der Waals surface area contributed by atoms with Gasteiger partial charge in [0.05, 0.1) is 11.9 Å². The number of halogens is 3. The summed E-state index contributed by atoms with van der Waals surface area (Å²) in [6, 6.07) is 7.97. The quantitative estimate of drug-likeness (QED) is 0.446. The largest absolute Gasteiger partial charge is 0.573 e. The number of alkyl halides is 3. The monoisotopic (exact) mass is 518 g/mol. The van der Waals surface area contributed by atoms with Crippen molar-refractivity contribution in [2.24, 2.45) is 0 Å². The van der Waals surface area contributed by atoms with Gasteiger partial charge in [0.25, 0.3) is 0 Å². The van der Waals surface area contributed by atoms with Gasteiger partial charge >= 0.3 is 18.4 Å². The van der Waals surface area contributed by atoms with Crippen LogP contribution in [0.1, 0.15) is 25.3 Å². The molecule has 3 heterocycles. The Bertz CT molecular complexity index is 1250. The van der Waals surface area contributed by atoms with Crippen LogP contribution < -0.4 is 20.3 Å². The lowest BCUT2D eigenvalue weighted by molar-refractivity contribution is -0.274. The van der Waals surface area contributed by atoms with Crippen molar-refractivity contribution in [3.8, 4) is 5.75 Å². The van der Waals surface area contributed by atoms with Gasteiger partial charge in [-0.2, -0.15) is 4.68 Å². The Morgan fingerprint density at radius 3 is 2.41 bits per heavy atom. The number of anilines is 4. The Morgan fingerprint density at radius 2 is 1.78 bits per heavy atom. The van der Waals surface area contributed by atoms with E-state index in [2.05, 4.69) is 30.4 Å². The fourth-order valence-corrected chi connectivity index (χ4v) is 3.96. The van der Waals surface area contributed by atoms with Crippen LogP contribution >= 0.6 is 0 Å². The number of pyridine rings is 1. The van der Waals surface area contributed by atoms with Crippen molar-refractivity contribution in [1.82, 2.24) is 14.8 Å². The number of carbonyl (C=O) groups excluding carboxylic acids is 2. The standard InChI is InChI=1S/C24H25F3N6O4/c1-15-13-18(14-28-22(15)32-10-7-19(8-11-32)36-16(2)34)30-23(35)33-12-9-21(31-33)29-17-3-5-20(6-4-17)37-24(25,26)27/h3-6,9,12-14,19H,7-8,10-11H2,1-2H3,(H,29,31)(H,30,35). The Labute approximate surface area is 210 Å². The van der Waals surface area contributed by atoms with E-state index in [0.29, 0.717) is 30.3 Å². The predicted octanol–water partition coefficient (Wildman–Crippen LogP) is 4.84. The van der Waals surface area contributed by atoms with Crippen LogP contribution in [0, 0.1) is 6.92 Å². The summed E-state index contributed by atoms with van der Waals surface area (Å²) in [6.07, 6.45) is -0.393. The van der Waals surface area contributed by atoms with Crippen LogP contribution in [0.15, 0.2) is 48.8 Å². The highest BCUT2D eigenvalue weighted by molar-refractivity contribution is 5.90. The molecular formula is C24H25F3N6O4. The number of benzene rings is 1. The maximum Gasteiger partial charge on any atom is 0.573 e. The molecule has 1 aliphatic rings. The second-order valence-electron chi connectivity index (χ2n) is 8.43. The number of piperidine rings is 1. The molecule has 1 fully saturated rings. The third kappa shape index (κ3) is 7.12. The number of hydrogen-bond acceptors (Lipinski definition) is 8. The maximum absolute atomic E-state index is 12.6. The van der Waals surface area contributed by atoms with Gasteiger partial charge in [0.15, 0.2) is 5.82 Å². The molecule has 0 spiro atoms. The topological polar surface area (TPSA) is 111 Å². The molecule has 0 bridgehead atoms. The van der Waals surface area contributed by atoms with Crippen molar-refractivity contribution in [3.63, 3.8) is 0 Å². The number of aryl methyl sites for hydroxylation is 1. The molecular weight excluding hydrogens is 493 g/mol. The normalized spacial score (nSPS) is 14.2. The molecule has 1 aromatic carbocycles. The van der Waals surface area contributed by atoms with Crippen LogP contribution in [-0.2, 0) is 9.53 Å². The second kappa shape index (κ2) is 10.8. The lowest BCUT2D eigenvalue weighted by atomic mass is 10.1. The van der Waals surface area contributed by atoms with E-state index in [-0.39, 0.29) is 17.8 Å². The number of amides is 1. The van der Waals surface area contributed by atoms with Crippen molar-refractivity contribution < 1.29 is 32.2 Å². The summed E-state index contributed by atoms with van der Waals surface area (Å²) in [7, 11) is 0. The smallest absolute Gasteiger partial charge is 0.462 e. The van der Waals surface area contributed by atoms with Crippen LogP contribution in [0.5, 0.6) is 5.75 Å². The minimum Gasteiger partial charge on any atom is -0.462 e. The lowest BCUT2D eigenvalue weighted by Gasteiger charge is -2.33. The first-order chi connectivity index (χ1) is 17.6. The molecule has 0 radical (unpaired) electrons. The number of carbonyl (C=O) groups is 2. The molecule has 1 saturated heterocycles. The molecule has 4 rings (SSSR count). The van der Waals surface area contributed by atoms with Gasteiger partial charge in [0, 0.05) is 50.8 Å². The molecule has 10 nitrogen and oxygen atoms in total. The fourth-order valence-electron chi connectivity index (χ4n) is 3.96. The first-order valence-corrected chi connectivity index (χ1v) is 11.4. The van der Waals surface area contributed by atoms with Gasteiger partial charge in [-0.05, 0) is 42.8 Å². The molecule has 1 aliphatic heterocycles. The fraction of sp³-hybridized carbons (Fsp3) is 0.333. The Morgan fingerprint density at radius 1 is 1.08 bits per heavy atom. The highest BCUT2D eigenvalue weighted by Crippen LogP contribution is 2.26. The summed E-state index contributed by atoms with van der Waals surface area (Å²) in [5, 5.41) is 9.78. The van der Waals surface area contributed by atoms with E-state index < -0.39 is 12.4 Å². The predicted molar refractivity (Wildman–Crippen MR) is 129 cm³/mol. The number of aromatic nitrogens is 3. The van der Waals surface area contributed by atoms with Crippen LogP contribution in [0.25, 0.3) is 0 Å². The molecule has 1 amide bonds. The van der Waals surface area contributed by atoms with Crippen molar-refractivity contribution in [3.05, 3.63) is 54.4 Å². The van der Waals surface area contributed by atoms with Crippen LogP contribution in [0.2, 0.25) is 0 Å². The average molecular weight is 518 g/mol. The number of nitrogens with zero attached hydrogens (tertiary/aromatic N) is 4. The molecule has 0 unspecified atom stereocenters. The van der Waals surface area contributed by atoms with Gasteiger partial charge in [0.1, 0.15) is 17.7 Å². The second-order valence-corrected chi connectivity index (χ2v) is 8.43. The summed E-state index contributed by atoms with van der Waals surface area (Å²) in [5.74, 6) is 0.504. The molecule has 2 aromatic heterocycles. The highest BCUT2D eigenvalue weighted by atomic mass is 19.4. The summed E-state index contributed by atoms with van der Waals surface area (Å²) in [5.41, 5.74) is 1.84. The SMILES string of the molecule is CC(=O)OC1CCN(c2ncc(NC(=O)n3ccc(Nc4ccc(OC(F)(F)F)cc4)n3)cc2C)CC1. The molecule has 3 aromatic rings. The summed E-state index contributed by atoms with van der Waals surface area (Å²) in [6.45, 7) is 4.72. The van der Waals surface area contributed by atoms with Gasteiger partial charge in [0.2, 0.25) is 0 Å². The van der Waals surface area contributed by atoms with Crippen LogP contribution in [-0.4, -0.2) is 52.3 Å². The van der Waals surface area contributed by atoms with E-state index in [1.807, 2.05) is 13.0 Å². The van der Waals surface area contributed by atoms with Crippen molar-refractivity contribution in [2.45, 2.75) is 39.2 Å². The lowest BCUT2D eigenvalue weighted by Crippen LogP contribution is -2.38. The third-order valence-corrected chi connectivity index (χ3v) is 5.53. The van der Waals surface area contributed by atoms with E-state index in [9.17, 15) is 22.8 Å². The summed E-state index contributed by atoms with van der Waals surface area (Å²) in [4.78, 5) is 30.4. The van der Waals surface area contributed by atoms with Crippen LogP contribution in [0.4, 0.5) is 41.0 Å². The number of hydrogen-bond donors (Lipinski definition) is 2. The zero-order valence-corrected chi connectivity index (χ0v) is 20.1. The zero-order chi connectivity index (χ0) is 26.6. The number of rotatable bonds is 6. The molecule has 2 N–H and O–H groups in total. The zero-order valence-electron chi connectivity index (χ0n) is 20.1. The minimum absolute atomic E-state index is 0.0798. The molecule has 13 heteroatoms. The summed E-state index contributed by atoms with van der Waals surface area (Å²) < 4.78 is 47.1. The van der Waals surface area contributed by atoms with Gasteiger partial charge in [-0.1, -0.05) is 0 Å². The average Bonchev–Trinajstić information content (AvgIpc) is 3.29. The molecule has 196 valence electrons.